The van der Waals surface area contributed by atoms with Gasteiger partial charge in [0.05, 0.1) is 28.3 Å². The first kappa shape index (κ1) is 27.9. The number of carbonyl (C=O) groups is 1. The summed E-state index contributed by atoms with van der Waals surface area (Å²) in [5.74, 6) is 0.602. The minimum absolute atomic E-state index is 0.165. The average Bonchev–Trinajstić information content (AvgIpc) is 2.95. The van der Waals surface area contributed by atoms with E-state index in [1.165, 1.54) is 5.56 Å². The topological polar surface area (TPSA) is 77.4 Å². The van der Waals surface area contributed by atoms with Crippen molar-refractivity contribution in [1.29, 1.82) is 5.26 Å². The largest absolute Gasteiger partial charge is 0.383 e. The van der Waals surface area contributed by atoms with Crippen molar-refractivity contribution < 1.29 is 9.53 Å². The van der Waals surface area contributed by atoms with Crippen molar-refractivity contribution in [1.82, 2.24) is 10.2 Å². The summed E-state index contributed by atoms with van der Waals surface area (Å²) < 4.78 is 5.25. The predicted octanol–water partition coefficient (Wildman–Crippen LogP) is 6.80. The van der Waals surface area contributed by atoms with E-state index in [0.29, 0.717) is 33.8 Å². The zero-order chi connectivity index (χ0) is 26.9. The van der Waals surface area contributed by atoms with Crippen molar-refractivity contribution >= 4 is 34.9 Å². The van der Waals surface area contributed by atoms with Crippen LogP contribution in [-0.2, 0) is 4.74 Å². The number of carbonyl (C=O) groups excluding carboxylic acids is 1. The van der Waals surface area contributed by atoms with Crippen LogP contribution in [0.15, 0.2) is 66.7 Å². The number of amides is 2. The average molecular weight is 552 g/mol. The van der Waals surface area contributed by atoms with Gasteiger partial charge in [0.15, 0.2) is 0 Å². The van der Waals surface area contributed by atoms with Gasteiger partial charge in [0.25, 0.3) is 0 Å². The molecule has 2 amide bonds. The number of likely N-dealkylation sites (tertiary alicyclic amines) is 1. The molecule has 1 aliphatic rings. The fraction of sp³-hybridized carbons (Fsp3) is 0.333. The Kier molecular flexibility index (Phi) is 10.0. The summed E-state index contributed by atoms with van der Waals surface area (Å²) in [5.41, 5.74) is 4.49. The highest BCUT2D eigenvalue weighted by Crippen LogP contribution is 2.34. The molecule has 1 saturated heterocycles. The van der Waals surface area contributed by atoms with E-state index >= 15 is 0 Å². The number of benzene rings is 3. The molecule has 0 bridgehead atoms. The molecule has 6 nitrogen and oxygen atoms in total. The number of nitrogens with one attached hydrogen (secondary N) is 2. The highest BCUT2D eigenvalue weighted by atomic mass is 35.5. The lowest BCUT2D eigenvalue weighted by Gasteiger charge is -2.36. The molecule has 1 heterocycles. The SMILES string of the molecule is COCCN1CCC(C(CNC(=O)Nc2ccc(Cl)c(Cl)c2)c2ccc(-c3cccc(C#N)c3)cc2)CC1. The van der Waals surface area contributed by atoms with Crippen molar-refractivity contribution in [3.63, 3.8) is 0 Å². The lowest BCUT2D eigenvalue weighted by molar-refractivity contribution is 0.114. The number of urea groups is 1. The fourth-order valence-corrected chi connectivity index (χ4v) is 5.30. The third-order valence-corrected chi connectivity index (χ3v) is 7.88. The lowest BCUT2D eigenvalue weighted by Crippen LogP contribution is -2.40. The second-order valence-electron chi connectivity index (χ2n) is 9.56. The Labute approximate surface area is 234 Å². The van der Waals surface area contributed by atoms with Gasteiger partial charge >= 0.3 is 6.03 Å². The zero-order valence-electron chi connectivity index (χ0n) is 21.4. The van der Waals surface area contributed by atoms with Gasteiger partial charge in [-0.05, 0) is 78.9 Å². The highest BCUT2D eigenvalue weighted by molar-refractivity contribution is 6.42. The molecule has 0 aliphatic carbocycles. The summed E-state index contributed by atoms with van der Waals surface area (Å²) in [7, 11) is 1.73. The Hall–Kier alpha value is -3.08. The summed E-state index contributed by atoms with van der Waals surface area (Å²) in [6.07, 6.45) is 2.10. The minimum Gasteiger partial charge on any atom is -0.383 e. The van der Waals surface area contributed by atoms with Crippen LogP contribution in [0.3, 0.4) is 0 Å². The Morgan fingerprint density at radius 3 is 2.50 bits per heavy atom. The number of piperidine rings is 1. The van der Waals surface area contributed by atoms with E-state index < -0.39 is 0 Å². The van der Waals surface area contributed by atoms with Gasteiger partial charge in [0.1, 0.15) is 0 Å². The van der Waals surface area contributed by atoms with Gasteiger partial charge < -0.3 is 20.3 Å². The molecule has 2 N–H and O–H groups in total. The Morgan fingerprint density at radius 2 is 1.82 bits per heavy atom. The van der Waals surface area contributed by atoms with Crippen LogP contribution in [-0.4, -0.2) is 50.8 Å². The van der Waals surface area contributed by atoms with Crippen LogP contribution in [0.4, 0.5) is 10.5 Å². The number of rotatable bonds is 9. The molecule has 1 aliphatic heterocycles. The van der Waals surface area contributed by atoms with Crippen molar-refractivity contribution in [2.45, 2.75) is 18.8 Å². The highest BCUT2D eigenvalue weighted by Gasteiger charge is 2.28. The van der Waals surface area contributed by atoms with E-state index in [4.69, 9.17) is 27.9 Å². The molecule has 0 radical (unpaired) electrons. The first-order valence-electron chi connectivity index (χ1n) is 12.8. The summed E-state index contributed by atoms with van der Waals surface area (Å²) in [4.78, 5) is 15.2. The Balaban J connectivity index is 1.47. The molecule has 0 saturated carbocycles. The molecule has 1 atom stereocenters. The van der Waals surface area contributed by atoms with Gasteiger partial charge in [-0.2, -0.15) is 5.26 Å². The number of hydrogen-bond acceptors (Lipinski definition) is 4. The summed E-state index contributed by atoms with van der Waals surface area (Å²) in [6.45, 7) is 4.21. The Morgan fingerprint density at radius 1 is 1.05 bits per heavy atom. The molecule has 38 heavy (non-hydrogen) atoms. The summed E-state index contributed by atoms with van der Waals surface area (Å²) >= 11 is 12.1. The van der Waals surface area contributed by atoms with Gasteiger partial charge in [-0.25, -0.2) is 4.79 Å². The number of anilines is 1. The molecular formula is C30H32Cl2N4O2. The van der Waals surface area contributed by atoms with Crippen molar-refractivity contribution in [3.8, 4) is 17.2 Å². The molecule has 1 fully saturated rings. The van der Waals surface area contributed by atoms with E-state index in [2.05, 4.69) is 45.9 Å². The zero-order valence-corrected chi connectivity index (χ0v) is 22.9. The van der Waals surface area contributed by atoms with Gasteiger partial charge in [-0.15, -0.1) is 0 Å². The smallest absolute Gasteiger partial charge is 0.319 e. The van der Waals surface area contributed by atoms with Crippen LogP contribution in [0.2, 0.25) is 10.0 Å². The van der Waals surface area contributed by atoms with Crippen molar-refractivity contribution in [3.05, 3.63) is 87.9 Å². The number of halogens is 2. The van der Waals surface area contributed by atoms with Gasteiger partial charge in [0.2, 0.25) is 0 Å². The standard InChI is InChI=1S/C30H32Cl2N4O2/c1-38-16-15-36-13-11-24(12-14-36)27(20-34-30(37)35-26-9-10-28(31)29(32)18-26)23-7-5-22(6-8-23)25-4-2-3-21(17-25)19-33/h2-10,17-18,24,27H,11-16,20H2,1H3,(H2,34,35,37). The molecule has 1 unspecified atom stereocenters. The number of ether oxygens (including phenoxy) is 1. The van der Waals surface area contributed by atoms with Crippen molar-refractivity contribution in [2.24, 2.45) is 5.92 Å². The summed E-state index contributed by atoms with van der Waals surface area (Å²) in [5, 5.41) is 16.0. The molecular weight excluding hydrogens is 519 g/mol. The normalized spacial score (nSPS) is 15.0. The van der Waals surface area contributed by atoms with E-state index in [1.807, 2.05) is 24.3 Å². The number of nitrogens with zero attached hydrogens (tertiary/aromatic N) is 2. The maximum absolute atomic E-state index is 12.8. The van der Waals surface area contributed by atoms with Crippen LogP contribution in [0.1, 0.15) is 29.9 Å². The minimum atomic E-state index is -0.282. The third kappa shape index (κ3) is 7.49. The van der Waals surface area contributed by atoms with Gasteiger partial charge in [-0.1, -0.05) is 59.6 Å². The number of nitriles is 1. The molecule has 198 valence electrons. The van der Waals surface area contributed by atoms with Crippen LogP contribution in [0.25, 0.3) is 11.1 Å². The van der Waals surface area contributed by atoms with E-state index in [-0.39, 0.29) is 11.9 Å². The monoisotopic (exact) mass is 550 g/mol. The van der Waals surface area contributed by atoms with Crippen LogP contribution >= 0.6 is 23.2 Å². The maximum Gasteiger partial charge on any atom is 0.319 e. The van der Waals surface area contributed by atoms with Crippen LogP contribution < -0.4 is 10.6 Å². The van der Waals surface area contributed by atoms with E-state index in [0.717, 1.165) is 50.2 Å². The summed E-state index contributed by atoms with van der Waals surface area (Å²) in [6, 6.07) is 23.1. The molecule has 8 heteroatoms. The lowest BCUT2D eigenvalue weighted by atomic mass is 9.79. The number of methoxy groups -OCH3 is 1. The fourth-order valence-electron chi connectivity index (χ4n) is 5.00. The Bertz CT molecular complexity index is 1270. The molecule has 0 spiro atoms. The third-order valence-electron chi connectivity index (χ3n) is 7.14. The molecule has 0 aromatic heterocycles. The number of hydrogen-bond donors (Lipinski definition) is 2. The van der Waals surface area contributed by atoms with Gasteiger partial charge in [-0.3, -0.25) is 0 Å². The first-order chi connectivity index (χ1) is 18.5. The van der Waals surface area contributed by atoms with Crippen molar-refractivity contribution in [2.75, 3.05) is 45.2 Å². The van der Waals surface area contributed by atoms with Gasteiger partial charge in [0, 0.05) is 31.8 Å². The van der Waals surface area contributed by atoms with E-state index in [9.17, 15) is 10.1 Å². The second-order valence-corrected chi connectivity index (χ2v) is 10.4. The predicted molar refractivity (Wildman–Crippen MR) is 154 cm³/mol. The van der Waals surface area contributed by atoms with Crippen LogP contribution in [0.5, 0.6) is 0 Å². The van der Waals surface area contributed by atoms with E-state index in [1.54, 1.807) is 25.3 Å². The molecule has 4 rings (SSSR count). The van der Waals surface area contributed by atoms with Crippen LogP contribution in [0, 0.1) is 17.2 Å². The first-order valence-corrected chi connectivity index (χ1v) is 13.5. The maximum atomic E-state index is 12.8. The second kappa shape index (κ2) is 13.6. The molecule has 3 aromatic carbocycles. The quantitative estimate of drug-likeness (QED) is 0.307. The molecule has 3 aromatic rings.